The van der Waals surface area contributed by atoms with Crippen LogP contribution in [0.25, 0.3) is 111 Å². The molecule has 0 N–H and O–H groups in total. The van der Waals surface area contributed by atoms with E-state index >= 15 is 0 Å². The van der Waals surface area contributed by atoms with Crippen LogP contribution in [0.2, 0.25) is 0 Å². The highest BCUT2D eigenvalue weighted by molar-refractivity contribution is 6.15. The van der Waals surface area contributed by atoms with E-state index in [1.807, 2.05) is 24.3 Å². The molecule has 4 heteroatoms. The van der Waals surface area contributed by atoms with E-state index in [9.17, 15) is 0 Å². The van der Waals surface area contributed by atoms with Gasteiger partial charge in [-0.1, -0.05) is 194 Å². The smallest absolute Gasteiger partial charge is 0.164 e. The second kappa shape index (κ2) is 14.5. The van der Waals surface area contributed by atoms with Crippen molar-refractivity contribution in [3.05, 3.63) is 212 Å². The summed E-state index contributed by atoms with van der Waals surface area (Å²) in [5, 5.41) is 4.45. The number of fused-ring (bicyclic) bond motifs is 4. The molecule has 0 aliphatic carbocycles. The average molecular weight is 754 g/mol. The Morgan fingerprint density at radius 2 is 0.780 bits per heavy atom. The molecular weight excluding hydrogens is 719 g/mol. The first kappa shape index (κ1) is 34.3. The molecule has 4 nitrogen and oxygen atoms in total. The van der Waals surface area contributed by atoms with Crippen molar-refractivity contribution in [2.45, 2.75) is 0 Å². The third-order valence-corrected chi connectivity index (χ3v) is 11.2. The summed E-state index contributed by atoms with van der Waals surface area (Å²) < 4.78 is 6.74. The molecule has 11 rings (SSSR count). The molecule has 11 aromatic rings. The van der Waals surface area contributed by atoms with Crippen molar-refractivity contribution in [3.8, 4) is 78.7 Å². The number of hydrogen-bond donors (Lipinski definition) is 0. The van der Waals surface area contributed by atoms with Crippen LogP contribution in [0.3, 0.4) is 0 Å². The van der Waals surface area contributed by atoms with Crippen molar-refractivity contribution in [3.63, 3.8) is 0 Å². The molecule has 0 atom stereocenters. The lowest BCUT2D eigenvalue weighted by Gasteiger charge is -2.11. The lowest BCUT2D eigenvalue weighted by molar-refractivity contribution is 0.670. The molecule has 0 saturated heterocycles. The molecule has 0 unspecified atom stereocenters. The average Bonchev–Trinajstić information content (AvgIpc) is 3.71. The Morgan fingerprint density at radius 1 is 0.288 bits per heavy atom. The fourth-order valence-electron chi connectivity index (χ4n) is 8.14. The second-order valence-corrected chi connectivity index (χ2v) is 14.8. The van der Waals surface area contributed by atoms with E-state index < -0.39 is 0 Å². The second-order valence-electron chi connectivity index (χ2n) is 14.8. The van der Waals surface area contributed by atoms with Gasteiger partial charge in [-0.05, 0) is 67.9 Å². The lowest BCUT2D eigenvalue weighted by Crippen LogP contribution is -2.00. The number of para-hydroxylation sites is 1. The van der Waals surface area contributed by atoms with Crippen LogP contribution in [-0.4, -0.2) is 15.0 Å². The minimum Gasteiger partial charge on any atom is -0.455 e. The zero-order chi connectivity index (χ0) is 39.1. The van der Waals surface area contributed by atoms with E-state index in [4.69, 9.17) is 19.4 Å². The van der Waals surface area contributed by atoms with E-state index in [1.165, 1.54) is 21.9 Å². The summed E-state index contributed by atoms with van der Waals surface area (Å²) in [7, 11) is 0. The van der Waals surface area contributed by atoms with Crippen molar-refractivity contribution in [1.29, 1.82) is 0 Å². The summed E-state index contributed by atoms with van der Waals surface area (Å²) in [4.78, 5) is 15.5. The third kappa shape index (κ3) is 6.43. The SMILES string of the molecule is c1ccc(-c2ccc(-c3nc(-c4cccc(-c5ccccc5)c4)nc(-c4cccc5oc6c(-c7ccc(-c8ccc9ccccc9c8)cc7)cccc6c45)n3)cc2)cc1. The van der Waals surface area contributed by atoms with E-state index in [0.29, 0.717) is 17.5 Å². The Hall–Kier alpha value is -7.95. The minimum atomic E-state index is 0.584. The molecule has 9 aromatic carbocycles. The number of aromatic nitrogens is 3. The lowest BCUT2D eigenvalue weighted by atomic mass is 9.97. The predicted molar refractivity (Wildman–Crippen MR) is 243 cm³/mol. The Labute approximate surface area is 341 Å². The molecular formula is C55H35N3O. The van der Waals surface area contributed by atoms with Gasteiger partial charge in [-0.25, -0.2) is 15.0 Å². The maximum absolute atomic E-state index is 6.74. The topological polar surface area (TPSA) is 51.8 Å². The minimum absolute atomic E-state index is 0.584. The molecule has 276 valence electrons. The van der Waals surface area contributed by atoms with Crippen LogP contribution in [0.5, 0.6) is 0 Å². The molecule has 0 radical (unpaired) electrons. The largest absolute Gasteiger partial charge is 0.455 e. The van der Waals surface area contributed by atoms with Crippen LogP contribution in [0.4, 0.5) is 0 Å². The van der Waals surface area contributed by atoms with E-state index in [2.05, 4.69) is 188 Å². The van der Waals surface area contributed by atoms with Crippen molar-refractivity contribution in [1.82, 2.24) is 15.0 Å². The molecule has 0 bridgehead atoms. The van der Waals surface area contributed by atoms with Gasteiger partial charge in [-0.3, -0.25) is 0 Å². The highest BCUT2D eigenvalue weighted by Gasteiger charge is 2.20. The van der Waals surface area contributed by atoms with Crippen LogP contribution in [0.1, 0.15) is 0 Å². The van der Waals surface area contributed by atoms with Crippen LogP contribution in [0.15, 0.2) is 217 Å². The van der Waals surface area contributed by atoms with Crippen LogP contribution in [-0.2, 0) is 0 Å². The number of nitrogens with zero attached hydrogens (tertiary/aromatic N) is 3. The molecule has 0 amide bonds. The first-order valence-corrected chi connectivity index (χ1v) is 19.8. The van der Waals surface area contributed by atoms with Gasteiger partial charge >= 0.3 is 0 Å². The fraction of sp³-hybridized carbons (Fsp3) is 0. The van der Waals surface area contributed by atoms with E-state index in [1.54, 1.807) is 0 Å². The highest BCUT2D eigenvalue weighted by Crippen LogP contribution is 2.41. The van der Waals surface area contributed by atoms with Gasteiger partial charge in [0.15, 0.2) is 17.5 Å². The van der Waals surface area contributed by atoms with Gasteiger partial charge in [0.1, 0.15) is 11.2 Å². The summed E-state index contributed by atoms with van der Waals surface area (Å²) in [6.45, 7) is 0. The van der Waals surface area contributed by atoms with Crippen molar-refractivity contribution in [2.24, 2.45) is 0 Å². The summed E-state index contributed by atoms with van der Waals surface area (Å²) in [5.41, 5.74) is 13.3. The van der Waals surface area contributed by atoms with Gasteiger partial charge in [-0.15, -0.1) is 0 Å². The molecule has 0 saturated carbocycles. The van der Waals surface area contributed by atoms with Gasteiger partial charge < -0.3 is 4.42 Å². The van der Waals surface area contributed by atoms with Crippen molar-refractivity contribution >= 4 is 32.7 Å². The Bertz CT molecular complexity index is 3300. The Kier molecular flexibility index (Phi) is 8.45. The molecule has 2 heterocycles. The predicted octanol–water partition coefficient (Wildman–Crippen LogP) is 14.6. The maximum Gasteiger partial charge on any atom is 0.164 e. The summed E-state index contributed by atoms with van der Waals surface area (Å²) in [6.07, 6.45) is 0. The Balaban J connectivity index is 1.03. The van der Waals surface area contributed by atoms with Crippen LogP contribution in [0, 0.1) is 0 Å². The Morgan fingerprint density at radius 3 is 1.54 bits per heavy atom. The normalized spacial score (nSPS) is 11.4. The quantitative estimate of drug-likeness (QED) is 0.163. The molecule has 2 aromatic heterocycles. The van der Waals surface area contributed by atoms with Gasteiger partial charge in [0.2, 0.25) is 0 Å². The van der Waals surface area contributed by atoms with E-state index in [-0.39, 0.29) is 0 Å². The number of benzene rings is 9. The molecule has 0 spiro atoms. The summed E-state index contributed by atoms with van der Waals surface area (Å²) in [6, 6.07) is 74.0. The van der Waals surface area contributed by atoms with E-state index in [0.717, 1.165) is 72.0 Å². The van der Waals surface area contributed by atoms with Crippen molar-refractivity contribution < 1.29 is 4.42 Å². The number of rotatable bonds is 7. The van der Waals surface area contributed by atoms with Gasteiger partial charge in [0.25, 0.3) is 0 Å². The first-order valence-electron chi connectivity index (χ1n) is 19.8. The number of furan rings is 1. The van der Waals surface area contributed by atoms with Gasteiger partial charge in [-0.2, -0.15) is 0 Å². The zero-order valence-corrected chi connectivity index (χ0v) is 32.0. The third-order valence-electron chi connectivity index (χ3n) is 11.2. The van der Waals surface area contributed by atoms with Crippen LogP contribution >= 0.6 is 0 Å². The van der Waals surface area contributed by atoms with Gasteiger partial charge in [0, 0.05) is 33.0 Å². The summed E-state index contributed by atoms with van der Waals surface area (Å²) in [5.74, 6) is 1.79. The van der Waals surface area contributed by atoms with Crippen molar-refractivity contribution in [2.75, 3.05) is 0 Å². The number of hydrogen-bond acceptors (Lipinski definition) is 4. The standard InChI is InChI=1S/C55H35N3O/c1-3-12-36(13-4-1)39-26-31-42(32-27-39)53-56-54(46-19-9-18-44(35-46)37-14-5-2-6-15-37)58-55(57-53)49-22-11-23-50-51(49)48-21-10-20-47(52(48)59-50)41-29-24-40(25-30-41)45-33-28-38-16-7-8-17-43(38)34-45/h1-35H. The maximum atomic E-state index is 6.74. The zero-order valence-electron chi connectivity index (χ0n) is 32.0. The molecule has 0 aliphatic heterocycles. The monoisotopic (exact) mass is 753 g/mol. The molecule has 0 aliphatic rings. The fourth-order valence-corrected chi connectivity index (χ4v) is 8.14. The van der Waals surface area contributed by atoms with Crippen LogP contribution < -0.4 is 0 Å². The van der Waals surface area contributed by atoms with Gasteiger partial charge in [0.05, 0.1) is 0 Å². The first-order chi connectivity index (χ1) is 29.2. The summed E-state index contributed by atoms with van der Waals surface area (Å²) >= 11 is 0. The highest BCUT2D eigenvalue weighted by atomic mass is 16.3. The molecule has 0 fully saturated rings. The molecule has 59 heavy (non-hydrogen) atoms.